The normalized spacial score (nSPS) is 11.3. The standard InChI is InChI=1S/C14H12F3N3O4S2/c1-3-24-13(23)6-5(2)7(10(18)21)26-12(6)20-11(22)8-9(14(15,16)17)19-4-25-8/h4H,3H2,1-2H3,(H2,18,21)(H,20,22). The summed E-state index contributed by atoms with van der Waals surface area (Å²) < 4.78 is 43.6. The van der Waals surface area contributed by atoms with Gasteiger partial charge < -0.3 is 15.8 Å². The molecule has 2 aromatic heterocycles. The van der Waals surface area contributed by atoms with Crippen LogP contribution in [-0.4, -0.2) is 29.4 Å². The van der Waals surface area contributed by atoms with Crippen LogP contribution in [0.3, 0.4) is 0 Å². The summed E-state index contributed by atoms with van der Waals surface area (Å²) in [5.41, 5.74) is 4.83. The molecule has 2 rings (SSSR count). The number of rotatable bonds is 5. The molecule has 26 heavy (non-hydrogen) atoms. The molecule has 0 aliphatic heterocycles. The number of esters is 1. The van der Waals surface area contributed by atoms with Crippen molar-refractivity contribution < 1.29 is 32.3 Å². The number of nitrogens with one attached hydrogen (secondary N) is 1. The summed E-state index contributed by atoms with van der Waals surface area (Å²) in [4.78, 5) is 38.3. The van der Waals surface area contributed by atoms with Crippen molar-refractivity contribution in [1.29, 1.82) is 0 Å². The zero-order chi connectivity index (χ0) is 19.6. The number of anilines is 1. The average Bonchev–Trinajstić information content (AvgIpc) is 3.12. The summed E-state index contributed by atoms with van der Waals surface area (Å²) in [6.07, 6.45) is -4.81. The lowest BCUT2D eigenvalue weighted by atomic mass is 10.1. The van der Waals surface area contributed by atoms with Gasteiger partial charge in [0.1, 0.15) is 9.88 Å². The van der Waals surface area contributed by atoms with Gasteiger partial charge in [-0.1, -0.05) is 0 Å². The predicted molar refractivity (Wildman–Crippen MR) is 88.6 cm³/mol. The highest BCUT2D eigenvalue weighted by atomic mass is 32.1. The number of aromatic nitrogens is 1. The number of nitrogens with zero attached hydrogens (tertiary/aromatic N) is 1. The van der Waals surface area contributed by atoms with Crippen LogP contribution in [-0.2, 0) is 10.9 Å². The van der Waals surface area contributed by atoms with Gasteiger partial charge in [-0.15, -0.1) is 22.7 Å². The van der Waals surface area contributed by atoms with Crippen molar-refractivity contribution in [2.45, 2.75) is 20.0 Å². The number of carbonyl (C=O) groups is 3. The minimum atomic E-state index is -4.81. The second-order valence-electron chi connectivity index (χ2n) is 4.83. The second kappa shape index (κ2) is 7.41. The molecule has 0 fully saturated rings. The first-order chi connectivity index (χ1) is 12.1. The van der Waals surface area contributed by atoms with E-state index in [1.165, 1.54) is 6.92 Å². The van der Waals surface area contributed by atoms with Crippen LogP contribution in [0.4, 0.5) is 18.2 Å². The van der Waals surface area contributed by atoms with Crippen molar-refractivity contribution >= 4 is 45.5 Å². The number of ether oxygens (including phenoxy) is 1. The number of hydrogen-bond acceptors (Lipinski definition) is 7. The molecular weight excluding hydrogens is 395 g/mol. The first-order valence-electron chi connectivity index (χ1n) is 7.00. The monoisotopic (exact) mass is 407 g/mol. The molecule has 0 unspecified atom stereocenters. The third-order valence-electron chi connectivity index (χ3n) is 3.12. The lowest BCUT2D eigenvalue weighted by Crippen LogP contribution is -2.18. The smallest absolute Gasteiger partial charge is 0.434 e. The highest BCUT2D eigenvalue weighted by Crippen LogP contribution is 2.36. The Morgan fingerprint density at radius 3 is 2.50 bits per heavy atom. The molecule has 7 nitrogen and oxygen atoms in total. The zero-order valence-corrected chi connectivity index (χ0v) is 15.0. The van der Waals surface area contributed by atoms with E-state index in [-0.39, 0.29) is 27.6 Å². The Labute approximate surface area is 153 Å². The van der Waals surface area contributed by atoms with Gasteiger partial charge in [-0.25, -0.2) is 9.78 Å². The van der Waals surface area contributed by atoms with E-state index < -0.39 is 34.5 Å². The average molecular weight is 407 g/mol. The number of thiophene rings is 1. The lowest BCUT2D eigenvalue weighted by Gasteiger charge is -2.08. The maximum atomic E-state index is 12.9. The van der Waals surface area contributed by atoms with Crippen LogP contribution in [0.2, 0.25) is 0 Å². The second-order valence-corrected chi connectivity index (χ2v) is 6.70. The molecule has 0 bridgehead atoms. The highest BCUT2D eigenvalue weighted by Gasteiger charge is 2.39. The summed E-state index contributed by atoms with van der Waals surface area (Å²) in [6, 6.07) is 0. The third-order valence-corrected chi connectivity index (χ3v) is 5.17. The molecule has 0 atom stereocenters. The number of halogens is 3. The minimum absolute atomic E-state index is 0.0105. The molecule has 2 heterocycles. The molecule has 0 aromatic carbocycles. The molecule has 0 spiro atoms. The van der Waals surface area contributed by atoms with E-state index in [4.69, 9.17) is 10.5 Å². The molecule has 0 saturated heterocycles. The topological polar surface area (TPSA) is 111 Å². The summed E-state index contributed by atoms with van der Waals surface area (Å²) in [7, 11) is 0. The van der Waals surface area contributed by atoms with Crippen molar-refractivity contribution in [2.75, 3.05) is 11.9 Å². The Morgan fingerprint density at radius 1 is 1.31 bits per heavy atom. The van der Waals surface area contributed by atoms with E-state index in [9.17, 15) is 27.6 Å². The summed E-state index contributed by atoms with van der Waals surface area (Å²) >= 11 is 1.18. The highest BCUT2D eigenvalue weighted by molar-refractivity contribution is 7.19. The van der Waals surface area contributed by atoms with Crippen LogP contribution in [0.1, 0.15) is 47.9 Å². The molecule has 0 radical (unpaired) electrons. The van der Waals surface area contributed by atoms with Gasteiger partial charge in [0.05, 0.1) is 22.6 Å². The molecule has 2 amide bonds. The number of primary amides is 1. The first-order valence-corrected chi connectivity index (χ1v) is 8.69. The Morgan fingerprint density at radius 2 is 1.96 bits per heavy atom. The predicted octanol–water partition coefficient (Wildman–Crippen LogP) is 3.06. The van der Waals surface area contributed by atoms with Crippen molar-refractivity contribution in [1.82, 2.24) is 4.98 Å². The number of carbonyl (C=O) groups excluding carboxylic acids is 3. The van der Waals surface area contributed by atoms with Crippen LogP contribution in [0.5, 0.6) is 0 Å². The van der Waals surface area contributed by atoms with Gasteiger partial charge in [0.2, 0.25) is 0 Å². The Bertz CT molecular complexity index is 873. The SMILES string of the molecule is CCOC(=O)c1c(NC(=O)c2scnc2C(F)(F)F)sc(C(N)=O)c1C. The van der Waals surface area contributed by atoms with Crippen molar-refractivity contribution in [3.05, 3.63) is 32.1 Å². The van der Waals surface area contributed by atoms with E-state index in [0.717, 1.165) is 5.51 Å². The van der Waals surface area contributed by atoms with Crippen LogP contribution >= 0.6 is 22.7 Å². The van der Waals surface area contributed by atoms with Gasteiger partial charge in [0.25, 0.3) is 11.8 Å². The molecule has 3 N–H and O–H groups in total. The van der Waals surface area contributed by atoms with E-state index in [0.29, 0.717) is 22.7 Å². The summed E-state index contributed by atoms with van der Waals surface area (Å²) in [6.45, 7) is 3.01. The first kappa shape index (κ1) is 19.8. The fraction of sp³-hybridized carbons (Fsp3) is 0.286. The Kier molecular flexibility index (Phi) is 5.66. The van der Waals surface area contributed by atoms with E-state index in [2.05, 4.69) is 10.3 Å². The molecule has 2 aromatic rings. The number of hydrogen-bond donors (Lipinski definition) is 2. The quantitative estimate of drug-likeness (QED) is 0.740. The van der Waals surface area contributed by atoms with Gasteiger partial charge in [-0.05, 0) is 19.4 Å². The molecule has 12 heteroatoms. The largest absolute Gasteiger partial charge is 0.462 e. The van der Waals surface area contributed by atoms with Crippen LogP contribution in [0, 0.1) is 6.92 Å². The zero-order valence-electron chi connectivity index (χ0n) is 13.4. The van der Waals surface area contributed by atoms with Crippen molar-refractivity contribution in [3.8, 4) is 0 Å². The summed E-state index contributed by atoms with van der Waals surface area (Å²) in [5.74, 6) is -2.78. The lowest BCUT2D eigenvalue weighted by molar-refractivity contribution is -0.141. The number of alkyl halides is 3. The summed E-state index contributed by atoms with van der Waals surface area (Å²) in [5, 5.41) is 2.10. The van der Waals surface area contributed by atoms with E-state index in [1.807, 2.05) is 0 Å². The van der Waals surface area contributed by atoms with Crippen LogP contribution in [0.15, 0.2) is 5.51 Å². The third kappa shape index (κ3) is 3.85. The Hall–Kier alpha value is -2.47. The van der Waals surface area contributed by atoms with Gasteiger partial charge in [0.15, 0.2) is 5.69 Å². The molecule has 0 saturated carbocycles. The molecule has 140 valence electrons. The van der Waals surface area contributed by atoms with Gasteiger partial charge in [0, 0.05) is 0 Å². The number of thiazole rings is 1. The Balaban J connectivity index is 2.45. The fourth-order valence-electron chi connectivity index (χ4n) is 2.05. The van der Waals surface area contributed by atoms with Gasteiger partial charge in [-0.2, -0.15) is 13.2 Å². The number of nitrogens with two attached hydrogens (primary N) is 1. The van der Waals surface area contributed by atoms with Gasteiger partial charge >= 0.3 is 12.1 Å². The maximum absolute atomic E-state index is 12.9. The molecular formula is C14H12F3N3O4S2. The van der Waals surface area contributed by atoms with Gasteiger partial charge in [-0.3, -0.25) is 9.59 Å². The van der Waals surface area contributed by atoms with Crippen LogP contribution in [0.25, 0.3) is 0 Å². The number of amides is 2. The van der Waals surface area contributed by atoms with E-state index in [1.54, 1.807) is 6.92 Å². The van der Waals surface area contributed by atoms with Crippen molar-refractivity contribution in [2.24, 2.45) is 5.73 Å². The minimum Gasteiger partial charge on any atom is -0.462 e. The maximum Gasteiger partial charge on any atom is 0.434 e. The molecule has 0 aliphatic carbocycles. The van der Waals surface area contributed by atoms with Crippen LogP contribution < -0.4 is 11.1 Å². The molecule has 0 aliphatic rings. The van der Waals surface area contributed by atoms with Crippen molar-refractivity contribution in [3.63, 3.8) is 0 Å². The fourth-order valence-corrected chi connectivity index (χ4v) is 3.80. The van der Waals surface area contributed by atoms with E-state index >= 15 is 0 Å².